The highest BCUT2D eigenvalue weighted by molar-refractivity contribution is 6.48. The van der Waals surface area contributed by atoms with E-state index < -0.39 is 17.6 Å². The van der Waals surface area contributed by atoms with Crippen molar-refractivity contribution in [2.75, 3.05) is 38.1 Å². The molecule has 0 aliphatic carbocycles. The van der Waals surface area contributed by atoms with Crippen molar-refractivity contribution in [3.05, 3.63) is 35.3 Å². The second kappa shape index (κ2) is 6.58. The fourth-order valence-electron chi connectivity index (χ4n) is 3.51. The highest BCUT2D eigenvalue weighted by Gasteiger charge is 2.38. The van der Waals surface area contributed by atoms with Gasteiger partial charge in [0.05, 0.1) is 23.0 Å². The quantitative estimate of drug-likeness (QED) is 0.629. The lowest BCUT2D eigenvalue weighted by atomic mass is 10.1. The minimum Gasteiger partial charge on any atom is -0.351 e. The van der Waals surface area contributed by atoms with Gasteiger partial charge in [0.1, 0.15) is 5.82 Å². The van der Waals surface area contributed by atoms with Crippen LogP contribution in [0.3, 0.4) is 0 Å². The number of fused-ring (bicyclic) bond motifs is 3. The van der Waals surface area contributed by atoms with Gasteiger partial charge in [-0.25, -0.2) is 9.38 Å². The summed E-state index contributed by atoms with van der Waals surface area (Å²) in [6.45, 7) is 6.87. The lowest BCUT2D eigenvalue weighted by Gasteiger charge is -2.40. The standard InChI is InChI=1S/C19H21F4N5/c1-11-10-28-16-9-14(20)13(19(21,22)23)8-15(16)25-17(18(28)24-12(11)2)27-6-4-26(3)5-7-27/h8-10,12H,4-7H2,1-3H3. The molecule has 0 spiro atoms. The summed E-state index contributed by atoms with van der Waals surface area (Å²) in [6, 6.07) is 1.61. The lowest BCUT2D eigenvalue weighted by Crippen LogP contribution is -2.53. The molecule has 1 aromatic rings. The van der Waals surface area contributed by atoms with E-state index in [0.717, 1.165) is 30.8 Å². The van der Waals surface area contributed by atoms with Gasteiger partial charge < -0.3 is 9.80 Å². The zero-order valence-corrected chi connectivity index (χ0v) is 15.9. The number of hydrogen-bond acceptors (Lipinski definition) is 5. The largest absolute Gasteiger partial charge is 0.419 e. The topological polar surface area (TPSA) is 34.4 Å². The molecule has 5 nitrogen and oxygen atoms in total. The average Bonchev–Trinajstić information content (AvgIpc) is 2.62. The third-order valence-corrected chi connectivity index (χ3v) is 5.39. The van der Waals surface area contributed by atoms with E-state index in [9.17, 15) is 17.6 Å². The SMILES string of the molecule is CC1=CN2C(=NC1C)C(N1CCN(C)CC1)=Nc1cc(C(F)(F)F)c(F)cc12. The Morgan fingerprint density at radius 1 is 1.07 bits per heavy atom. The number of amidine groups is 2. The number of aliphatic imine (C=N–C) groups is 2. The molecule has 1 fully saturated rings. The number of anilines is 1. The fraction of sp³-hybridized carbons (Fsp3) is 0.474. The summed E-state index contributed by atoms with van der Waals surface area (Å²) in [5.74, 6) is -0.223. The number of rotatable bonds is 0. The molecule has 1 unspecified atom stereocenters. The number of alkyl halides is 3. The number of piperazine rings is 1. The van der Waals surface area contributed by atoms with Crippen LogP contribution in [-0.2, 0) is 6.18 Å². The van der Waals surface area contributed by atoms with Crippen molar-refractivity contribution in [1.82, 2.24) is 9.80 Å². The molecule has 0 aromatic heterocycles. The van der Waals surface area contributed by atoms with E-state index in [1.165, 1.54) is 0 Å². The van der Waals surface area contributed by atoms with Crippen LogP contribution in [0, 0.1) is 5.82 Å². The molecule has 0 N–H and O–H groups in total. The highest BCUT2D eigenvalue weighted by Crippen LogP contribution is 2.42. The molecule has 150 valence electrons. The molecule has 4 rings (SSSR count). The zero-order chi connectivity index (χ0) is 20.2. The Labute approximate surface area is 160 Å². The van der Waals surface area contributed by atoms with Crippen molar-refractivity contribution < 1.29 is 17.6 Å². The molecule has 0 amide bonds. The predicted molar refractivity (Wildman–Crippen MR) is 101 cm³/mol. The van der Waals surface area contributed by atoms with E-state index in [-0.39, 0.29) is 17.4 Å². The Balaban J connectivity index is 1.86. The molecule has 1 atom stereocenters. The first-order valence-electron chi connectivity index (χ1n) is 9.14. The molecule has 1 saturated heterocycles. The molecule has 1 aromatic carbocycles. The van der Waals surface area contributed by atoms with Gasteiger partial charge in [-0.2, -0.15) is 13.2 Å². The van der Waals surface area contributed by atoms with Crippen LogP contribution in [0.2, 0.25) is 0 Å². The minimum absolute atomic E-state index is 0.0789. The van der Waals surface area contributed by atoms with Crippen molar-refractivity contribution >= 4 is 23.0 Å². The molecule has 0 radical (unpaired) electrons. The van der Waals surface area contributed by atoms with Crippen molar-refractivity contribution in [2.45, 2.75) is 26.1 Å². The Bertz CT molecular complexity index is 894. The Kier molecular flexibility index (Phi) is 4.45. The summed E-state index contributed by atoms with van der Waals surface area (Å²) in [6.07, 6.45) is -2.97. The van der Waals surface area contributed by atoms with E-state index in [2.05, 4.69) is 9.89 Å². The van der Waals surface area contributed by atoms with Crippen LogP contribution < -0.4 is 4.90 Å². The number of hydrogen-bond donors (Lipinski definition) is 0. The number of halogens is 4. The van der Waals surface area contributed by atoms with Crippen LogP contribution >= 0.6 is 0 Å². The van der Waals surface area contributed by atoms with E-state index in [4.69, 9.17) is 4.99 Å². The summed E-state index contributed by atoms with van der Waals surface area (Å²) in [5, 5.41) is 0. The number of benzene rings is 1. The second-order valence-electron chi connectivity index (χ2n) is 7.42. The molecule has 0 saturated carbocycles. The predicted octanol–water partition coefficient (Wildman–Crippen LogP) is 3.65. The van der Waals surface area contributed by atoms with Crippen molar-refractivity contribution in [3.8, 4) is 0 Å². The van der Waals surface area contributed by atoms with Gasteiger partial charge >= 0.3 is 6.18 Å². The molecule has 28 heavy (non-hydrogen) atoms. The van der Waals surface area contributed by atoms with Gasteiger partial charge in [0.2, 0.25) is 0 Å². The fourth-order valence-corrected chi connectivity index (χ4v) is 3.51. The first-order valence-corrected chi connectivity index (χ1v) is 9.14. The van der Waals surface area contributed by atoms with Gasteiger partial charge in [-0.1, -0.05) is 0 Å². The van der Waals surface area contributed by atoms with E-state index >= 15 is 0 Å². The zero-order valence-electron chi connectivity index (χ0n) is 15.9. The number of likely N-dealkylation sites (N-methyl/N-ethyl adjacent to an activating group) is 1. The van der Waals surface area contributed by atoms with Gasteiger partial charge in [-0.3, -0.25) is 9.89 Å². The van der Waals surface area contributed by atoms with Crippen LogP contribution in [0.4, 0.5) is 28.9 Å². The lowest BCUT2D eigenvalue weighted by molar-refractivity contribution is -0.139. The van der Waals surface area contributed by atoms with Crippen LogP contribution in [0.15, 0.2) is 33.9 Å². The van der Waals surface area contributed by atoms with Gasteiger partial charge in [-0.15, -0.1) is 0 Å². The van der Waals surface area contributed by atoms with Crippen LogP contribution in [0.5, 0.6) is 0 Å². The monoisotopic (exact) mass is 395 g/mol. The average molecular weight is 395 g/mol. The summed E-state index contributed by atoms with van der Waals surface area (Å²) in [7, 11) is 2.02. The van der Waals surface area contributed by atoms with Crippen LogP contribution in [0.25, 0.3) is 0 Å². The maximum absolute atomic E-state index is 14.2. The molecule has 3 heterocycles. The summed E-state index contributed by atoms with van der Waals surface area (Å²) in [5.41, 5.74) is 0.00223. The van der Waals surface area contributed by atoms with Crippen LogP contribution in [-0.4, -0.2) is 60.7 Å². The maximum Gasteiger partial charge on any atom is 0.419 e. The van der Waals surface area contributed by atoms with Crippen molar-refractivity contribution in [3.63, 3.8) is 0 Å². The molecule has 9 heteroatoms. The second-order valence-corrected chi connectivity index (χ2v) is 7.42. The Morgan fingerprint density at radius 3 is 2.39 bits per heavy atom. The van der Waals surface area contributed by atoms with E-state index in [1.54, 1.807) is 4.90 Å². The molecular formula is C19H21F4N5. The smallest absolute Gasteiger partial charge is 0.351 e. The summed E-state index contributed by atoms with van der Waals surface area (Å²) < 4.78 is 53.8. The summed E-state index contributed by atoms with van der Waals surface area (Å²) >= 11 is 0. The van der Waals surface area contributed by atoms with Crippen molar-refractivity contribution in [1.29, 1.82) is 0 Å². The Morgan fingerprint density at radius 2 is 1.75 bits per heavy atom. The first kappa shape index (κ1) is 18.9. The van der Waals surface area contributed by atoms with E-state index in [0.29, 0.717) is 24.8 Å². The molecule has 3 aliphatic heterocycles. The van der Waals surface area contributed by atoms with Gasteiger partial charge in [-0.05, 0) is 32.5 Å². The van der Waals surface area contributed by atoms with Gasteiger partial charge in [0.25, 0.3) is 0 Å². The molecule has 0 bridgehead atoms. The minimum atomic E-state index is -4.78. The van der Waals surface area contributed by atoms with Gasteiger partial charge in [0.15, 0.2) is 11.7 Å². The van der Waals surface area contributed by atoms with Crippen LogP contribution in [0.1, 0.15) is 19.4 Å². The maximum atomic E-state index is 14.2. The first-order chi connectivity index (χ1) is 13.1. The molecule has 3 aliphatic rings. The third kappa shape index (κ3) is 3.17. The summed E-state index contributed by atoms with van der Waals surface area (Å²) in [4.78, 5) is 15.1. The number of nitrogens with zero attached hydrogens (tertiary/aromatic N) is 5. The van der Waals surface area contributed by atoms with Crippen molar-refractivity contribution in [2.24, 2.45) is 9.98 Å². The normalized spacial score (nSPS) is 23.0. The van der Waals surface area contributed by atoms with E-state index in [1.807, 2.05) is 32.0 Å². The third-order valence-electron chi connectivity index (χ3n) is 5.39. The Hall–Kier alpha value is -2.42. The molecular weight excluding hydrogens is 374 g/mol. The van der Waals surface area contributed by atoms with Gasteiger partial charge in [0, 0.05) is 38.4 Å². The highest BCUT2D eigenvalue weighted by atomic mass is 19.4.